The molecule has 1 fully saturated rings. The molecule has 1 aromatic carbocycles. The molecule has 11 nitrogen and oxygen atoms in total. The maximum atomic E-state index is 13.7. The van der Waals surface area contributed by atoms with Crippen LogP contribution in [0.25, 0.3) is 0 Å². The molecule has 1 aliphatic heterocycles. The highest BCUT2D eigenvalue weighted by molar-refractivity contribution is 5.95. The van der Waals surface area contributed by atoms with E-state index >= 15 is 0 Å². The molecular weight excluding hydrogens is 519 g/mol. The number of amides is 2. The maximum Gasteiger partial charge on any atom is 0.408 e. The van der Waals surface area contributed by atoms with Crippen LogP contribution in [-0.2, 0) is 25.7 Å². The number of benzene rings is 1. The zero-order valence-corrected chi connectivity index (χ0v) is 22.2. The molecule has 0 radical (unpaired) electrons. The number of nitrogens with one attached hydrogen (secondary N) is 1. The van der Waals surface area contributed by atoms with Crippen molar-refractivity contribution in [1.29, 1.82) is 0 Å². The molecule has 2 amide bonds. The Bertz CT molecular complexity index is 1180. The third kappa shape index (κ3) is 8.85. The lowest BCUT2D eigenvalue weighted by atomic mass is 9.90. The van der Waals surface area contributed by atoms with Crippen LogP contribution in [0.5, 0.6) is 0 Å². The van der Waals surface area contributed by atoms with E-state index in [2.05, 4.69) is 15.3 Å². The zero-order valence-electron chi connectivity index (χ0n) is 22.2. The van der Waals surface area contributed by atoms with E-state index in [1.165, 1.54) is 17.3 Å². The fraction of sp³-hybridized carbons (Fsp3) is 0.429. The number of aromatic nitrogens is 1. The zero-order chi connectivity index (χ0) is 28.9. The molecule has 12 heteroatoms. The van der Waals surface area contributed by atoms with E-state index in [4.69, 9.17) is 16.2 Å². The molecule has 40 heavy (non-hydrogen) atoms. The number of likely N-dealkylation sites (tertiary alicyclic amines) is 1. The van der Waals surface area contributed by atoms with Crippen molar-refractivity contribution in [1.82, 2.24) is 15.2 Å². The molecule has 3 rings (SSSR count). The van der Waals surface area contributed by atoms with Gasteiger partial charge in [0.2, 0.25) is 0 Å². The van der Waals surface area contributed by atoms with Crippen LogP contribution in [0.3, 0.4) is 0 Å². The number of rotatable bonds is 14. The number of ketones is 2. The van der Waals surface area contributed by atoms with E-state index in [-0.39, 0.29) is 37.7 Å². The molecule has 2 heterocycles. The number of alkyl carbamates (subject to hydrolysis) is 1. The predicted molar refractivity (Wildman–Crippen MR) is 145 cm³/mol. The molecule has 1 saturated heterocycles. The average molecular weight is 555 g/mol. The molecule has 3 atom stereocenters. The van der Waals surface area contributed by atoms with Crippen molar-refractivity contribution in [3.05, 3.63) is 66.0 Å². The molecule has 1 aliphatic rings. The first-order valence-electron chi connectivity index (χ1n) is 13.1. The molecule has 0 saturated carbocycles. The van der Waals surface area contributed by atoms with Gasteiger partial charge in [0, 0.05) is 43.4 Å². The standard InChI is InChI=1S/C28H35FN6O5/c29-16-24(37)20(9-5-13-33-27(30)31)15-23(36)22-11-6-14-35(22)26(38)25(21-10-4-12-32-17-21)34-28(39)40-18-19-7-2-1-3-8-19/h1-4,7-8,10,12,17,20,22,25H,5-6,9,11,13-16,18H2,(H,34,39)(H4,30,31,33)/t20-,22+,25+/m1/s1. The third-order valence-electron chi connectivity index (χ3n) is 6.69. The number of nitrogens with two attached hydrogens (primary N) is 2. The molecule has 0 aliphatic carbocycles. The number of pyridine rings is 1. The monoisotopic (exact) mass is 554 g/mol. The number of hydrogen-bond donors (Lipinski definition) is 3. The van der Waals surface area contributed by atoms with Gasteiger partial charge in [0.05, 0.1) is 6.04 Å². The van der Waals surface area contributed by atoms with Gasteiger partial charge in [-0.15, -0.1) is 0 Å². The van der Waals surface area contributed by atoms with Crippen molar-refractivity contribution < 1.29 is 28.3 Å². The Morgan fingerprint density at radius 1 is 1.15 bits per heavy atom. The molecule has 5 N–H and O–H groups in total. The average Bonchev–Trinajstić information content (AvgIpc) is 3.47. The number of halogens is 1. The van der Waals surface area contributed by atoms with Gasteiger partial charge in [0.1, 0.15) is 19.3 Å². The number of carbonyl (C=O) groups is 4. The number of ether oxygens (including phenoxy) is 1. The summed E-state index contributed by atoms with van der Waals surface area (Å²) in [5, 5.41) is 2.61. The van der Waals surface area contributed by atoms with Gasteiger partial charge in [-0.05, 0) is 37.3 Å². The first-order chi connectivity index (χ1) is 19.3. The number of guanidine groups is 1. The second-order valence-electron chi connectivity index (χ2n) is 9.53. The quantitative estimate of drug-likeness (QED) is 0.181. The molecule has 0 bridgehead atoms. The normalized spacial score (nSPS) is 16.0. The second kappa shape index (κ2) is 15.3. The van der Waals surface area contributed by atoms with Crippen LogP contribution >= 0.6 is 0 Å². The van der Waals surface area contributed by atoms with Gasteiger partial charge in [0.15, 0.2) is 17.5 Å². The van der Waals surface area contributed by atoms with Crippen LogP contribution in [0.1, 0.15) is 49.3 Å². The highest BCUT2D eigenvalue weighted by Gasteiger charge is 2.39. The summed E-state index contributed by atoms with van der Waals surface area (Å²) in [6.07, 6.45) is 3.58. The molecule has 0 unspecified atom stereocenters. The summed E-state index contributed by atoms with van der Waals surface area (Å²) in [5.41, 5.74) is 11.8. The first kappa shape index (κ1) is 30.2. The summed E-state index contributed by atoms with van der Waals surface area (Å²) in [6, 6.07) is 10.4. The van der Waals surface area contributed by atoms with Crippen LogP contribution < -0.4 is 16.8 Å². The molecule has 0 spiro atoms. The Balaban J connectivity index is 1.70. The number of nitrogens with zero attached hydrogens (tertiary/aromatic N) is 3. The summed E-state index contributed by atoms with van der Waals surface area (Å²) < 4.78 is 18.6. The van der Waals surface area contributed by atoms with Crippen molar-refractivity contribution in [2.24, 2.45) is 22.4 Å². The second-order valence-corrected chi connectivity index (χ2v) is 9.53. The van der Waals surface area contributed by atoms with Gasteiger partial charge in [-0.1, -0.05) is 36.4 Å². The SMILES string of the molecule is NC(N)=NCCC[C@H](CC(=O)[C@@H]1CCCN1C(=O)[C@@H](NC(=O)OCc1ccccc1)c1cccnc1)C(=O)CF. The van der Waals surface area contributed by atoms with Gasteiger partial charge in [-0.25, -0.2) is 9.18 Å². The van der Waals surface area contributed by atoms with E-state index in [1.807, 2.05) is 18.2 Å². The van der Waals surface area contributed by atoms with Crippen LogP contribution in [-0.4, -0.2) is 65.2 Å². The summed E-state index contributed by atoms with van der Waals surface area (Å²) in [6.45, 7) is -0.636. The van der Waals surface area contributed by atoms with Crippen molar-refractivity contribution >= 4 is 29.5 Å². The Labute approximate surface area is 232 Å². The van der Waals surface area contributed by atoms with Crippen molar-refractivity contribution in [2.45, 2.75) is 50.8 Å². The minimum atomic E-state index is -1.19. The molecule has 2 aromatic rings. The Morgan fingerprint density at radius 2 is 1.93 bits per heavy atom. The fourth-order valence-corrected chi connectivity index (χ4v) is 4.66. The third-order valence-corrected chi connectivity index (χ3v) is 6.69. The van der Waals surface area contributed by atoms with E-state index < -0.39 is 42.5 Å². The van der Waals surface area contributed by atoms with Crippen LogP contribution in [0.15, 0.2) is 59.9 Å². The number of aliphatic imine (C=N–C) groups is 1. The Hall–Kier alpha value is -4.35. The predicted octanol–water partition coefficient (Wildman–Crippen LogP) is 2.21. The van der Waals surface area contributed by atoms with E-state index in [1.54, 1.807) is 24.3 Å². The van der Waals surface area contributed by atoms with Crippen LogP contribution in [0.2, 0.25) is 0 Å². The summed E-state index contributed by atoms with van der Waals surface area (Å²) >= 11 is 0. The van der Waals surface area contributed by atoms with Crippen molar-refractivity contribution in [3.8, 4) is 0 Å². The van der Waals surface area contributed by atoms with Gasteiger partial charge >= 0.3 is 6.09 Å². The highest BCUT2D eigenvalue weighted by atomic mass is 19.1. The van der Waals surface area contributed by atoms with Gasteiger partial charge in [-0.3, -0.25) is 24.4 Å². The summed E-state index contributed by atoms with van der Waals surface area (Å²) in [7, 11) is 0. The van der Waals surface area contributed by atoms with Crippen LogP contribution in [0, 0.1) is 5.92 Å². The fourth-order valence-electron chi connectivity index (χ4n) is 4.66. The molecule has 214 valence electrons. The molecule has 1 aromatic heterocycles. The smallest absolute Gasteiger partial charge is 0.408 e. The van der Waals surface area contributed by atoms with Gasteiger partial charge < -0.3 is 26.4 Å². The maximum absolute atomic E-state index is 13.7. The lowest BCUT2D eigenvalue weighted by Crippen LogP contribution is -2.47. The lowest BCUT2D eigenvalue weighted by molar-refractivity contribution is -0.140. The van der Waals surface area contributed by atoms with Crippen LogP contribution in [0.4, 0.5) is 9.18 Å². The van der Waals surface area contributed by atoms with Gasteiger partial charge in [0.25, 0.3) is 5.91 Å². The highest BCUT2D eigenvalue weighted by Crippen LogP contribution is 2.27. The van der Waals surface area contributed by atoms with Crippen molar-refractivity contribution in [2.75, 3.05) is 19.8 Å². The number of alkyl halides is 1. The van der Waals surface area contributed by atoms with Gasteiger partial charge in [-0.2, -0.15) is 0 Å². The van der Waals surface area contributed by atoms with E-state index in [0.717, 1.165) is 5.56 Å². The summed E-state index contributed by atoms with van der Waals surface area (Å²) in [5.74, 6) is -2.45. The summed E-state index contributed by atoms with van der Waals surface area (Å²) in [4.78, 5) is 61.3. The molecular formula is C28H35FN6O5. The lowest BCUT2D eigenvalue weighted by Gasteiger charge is -2.29. The first-order valence-corrected chi connectivity index (χ1v) is 13.1. The minimum Gasteiger partial charge on any atom is -0.445 e. The van der Waals surface area contributed by atoms with Crippen molar-refractivity contribution in [3.63, 3.8) is 0 Å². The van der Waals surface area contributed by atoms with E-state index in [0.29, 0.717) is 31.4 Å². The Morgan fingerprint density at radius 3 is 2.60 bits per heavy atom. The van der Waals surface area contributed by atoms with E-state index in [9.17, 15) is 23.6 Å². The Kier molecular flexibility index (Phi) is 11.5. The number of carbonyl (C=O) groups excluding carboxylic acids is 4. The topological polar surface area (TPSA) is 170 Å². The number of hydrogen-bond acceptors (Lipinski definition) is 7. The number of Topliss-reactive ketones (excluding diaryl/α,β-unsaturated/α-hetero) is 2. The minimum absolute atomic E-state index is 0.0125. The largest absolute Gasteiger partial charge is 0.445 e.